The molecule has 3 aromatic rings. The van der Waals surface area contributed by atoms with Crippen LogP contribution in [-0.2, 0) is 13.0 Å². The van der Waals surface area contributed by atoms with Crippen molar-refractivity contribution < 1.29 is 24.3 Å². The molecule has 2 aromatic heterocycles. The number of nitrogens with zero attached hydrogens (tertiary/aromatic N) is 1. The number of quaternary nitrogens is 1. The molecule has 2 N–H and O–H groups in total. The van der Waals surface area contributed by atoms with E-state index in [1.165, 1.54) is 18.5 Å². The van der Waals surface area contributed by atoms with Crippen molar-refractivity contribution in [3.63, 3.8) is 0 Å². The van der Waals surface area contributed by atoms with Gasteiger partial charge in [-0.1, -0.05) is 19.4 Å². The van der Waals surface area contributed by atoms with Crippen molar-refractivity contribution in [1.29, 1.82) is 0 Å². The lowest BCUT2D eigenvalue weighted by Gasteiger charge is -2.12. The zero-order valence-electron chi connectivity index (χ0n) is 16.2. The molecule has 0 spiro atoms. The first-order chi connectivity index (χ1) is 13.3. The number of aromatic hydroxyl groups is 1. The van der Waals surface area contributed by atoms with E-state index in [4.69, 9.17) is 4.42 Å². The number of carboxylic acids is 1. The number of aromatic carboxylic acids is 1. The Bertz CT molecular complexity index is 997. The number of fused-ring (bicyclic) bond motifs is 1. The molecule has 148 valence electrons. The predicted molar refractivity (Wildman–Crippen MR) is 103 cm³/mol. The number of carbonyl (C=O) groups is 1. The maximum atomic E-state index is 11.7. The fraction of sp³-hybridized carbons (Fsp3) is 0.286. The van der Waals surface area contributed by atoms with E-state index in [0.717, 1.165) is 28.7 Å². The molecule has 7 nitrogen and oxygen atoms in total. The van der Waals surface area contributed by atoms with Crippen LogP contribution in [-0.4, -0.2) is 30.2 Å². The quantitative estimate of drug-likeness (QED) is 0.622. The molecule has 0 radical (unpaired) electrons. The Hall–Kier alpha value is -3.19. The van der Waals surface area contributed by atoms with Crippen molar-refractivity contribution in [3.8, 4) is 5.75 Å². The van der Waals surface area contributed by atoms with E-state index in [1.54, 1.807) is 18.2 Å². The minimum atomic E-state index is -1.19. The Morgan fingerprint density at radius 3 is 2.57 bits per heavy atom. The predicted octanol–water partition coefficient (Wildman–Crippen LogP) is 0.541. The molecular formula is C21H24N2O5. The Labute approximate surface area is 162 Å². The third-order valence-electron chi connectivity index (χ3n) is 4.02. The summed E-state index contributed by atoms with van der Waals surface area (Å²) in [6, 6.07) is 8.04. The van der Waals surface area contributed by atoms with Gasteiger partial charge in [-0.3, -0.25) is 4.98 Å². The van der Waals surface area contributed by atoms with Gasteiger partial charge in [-0.15, -0.1) is 0 Å². The lowest BCUT2D eigenvalue weighted by atomic mass is 10.0. The molecule has 0 aliphatic heterocycles. The highest BCUT2D eigenvalue weighted by atomic mass is 16.4. The number of benzene rings is 1. The van der Waals surface area contributed by atoms with Crippen LogP contribution in [0.5, 0.6) is 5.75 Å². The summed E-state index contributed by atoms with van der Waals surface area (Å²) >= 11 is 0. The van der Waals surface area contributed by atoms with Crippen LogP contribution in [0.25, 0.3) is 11.0 Å². The maximum absolute atomic E-state index is 11.7. The Morgan fingerprint density at radius 2 is 2.04 bits per heavy atom. The molecular weight excluding hydrogens is 360 g/mol. The van der Waals surface area contributed by atoms with Gasteiger partial charge in [-0.25, -0.2) is 4.79 Å². The molecule has 0 unspecified atom stereocenters. The first-order valence-electron chi connectivity index (χ1n) is 9.01. The molecule has 28 heavy (non-hydrogen) atoms. The number of aryl methyl sites for hydroxylation is 1. The zero-order valence-corrected chi connectivity index (χ0v) is 16.2. The van der Waals surface area contributed by atoms with Crippen LogP contribution in [0.2, 0.25) is 0 Å². The van der Waals surface area contributed by atoms with Crippen LogP contribution < -0.4 is 15.6 Å². The molecule has 1 aromatic carbocycles. The average molecular weight is 384 g/mol. The van der Waals surface area contributed by atoms with E-state index in [9.17, 15) is 19.8 Å². The third-order valence-corrected chi connectivity index (χ3v) is 4.02. The van der Waals surface area contributed by atoms with Gasteiger partial charge in [0.1, 0.15) is 12.3 Å². The van der Waals surface area contributed by atoms with Gasteiger partial charge >= 0.3 is 5.63 Å². The van der Waals surface area contributed by atoms with Gasteiger partial charge in [0, 0.05) is 29.4 Å². The van der Waals surface area contributed by atoms with Gasteiger partial charge < -0.3 is 24.3 Å². The van der Waals surface area contributed by atoms with Gasteiger partial charge in [0.15, 0.2) is 5.58 Å². The average Bonchev–Trinajstić information content (AvgIpc) is 2.65. The van der Waals surface area contributed by atoms with Crippen molar-refractivity contribution in [3.05, 3.63) is 69.8 Å². The lowest BCUT2D eigenvalue weighted by molar-refractivity contribution is -0.872. The Morgan fingerprint density at radius 1 is 1.29 bits per heavy atom. The monoisotopic (exact) mass is 384 g/mol. The van der Waals surface area contributed by atoms with Crippen LogP contribution in [0, 0.1) is 0 Å². The van der Waals surface area contributed by atoms with Crippen LogP contribution in [0.15, 0.2) is 51.9 Å². The van der Waals surface area contributed by atoms with Crippen LogP contribution >= 0.6 is 0 Å². The summed E-state index contributed by atoms with van der Waals surface area (Å²) in [6.07, 6.45) is 4.55. The molecule has 0 bridgehead atoms. The second-order valence-electron chi connectivity index (χ2n) is 6.69. The van der Waals surface area contributed by atoms with Crippen LogP contribution in [0.3, 0.4) is 0 Å². The number of pyridine rings is 1. The number of phenols is 1. The van der Waals surface area contributed by atoms with E-state index in [1.807, 2.05) is 20.2 Å². The van der Waals surface area contributed by atoms with Gasteiger partial charge in [0.2, 0.25) is 0 Å². The number of aromatic nitrogens is 1. The molecule has 0 atom stereocenters. The molecule has 3 rings (SSSR count). The normalized spacial score (nSPS) is 10.6. The van der Waals surface area contributed by atoms with E-state index in [-0.39, 0.29) is 16.9 Å². The highest BCUT2D eigenvalue weighted by molar-refractivity contribution is 5.85. The fourth-order valence-electron chi connectivity index (χ4n) is 2.82. The molecule has 0 saturated heterocycles. The minimum absolute atomic E-state index is 0.109. The summed E-state index contributed by atoms with van der Waals surface area (Å²) in [5.41, 5.74) is 1.97. The standard InChI is InChI=1S/C15H19NO3.C6H5NO2/c1-4-5-10-8-14(18)19-15-11(10)6-7-13(17)12(15)9-16(2)3;8-6(9)5-2-1-3-7-4-5/h6-8,17H,4-5,9H2,1-3H3;1-4H,(H,8,9). The number of rotatable bonds is 5. The number of nitrogens with one attached hydrogen (secondary N) is 1. The molecule has 2 heterocycles. The maximum Gasteiger partial charge on any atom is 0.336 e. The second-order valence-corrected chi connectivity index (χ2v) is 6.69. The molecule has 0 amide bonds. The van der Waals surface area contributed by atoms with E-state index in [2.05, 4.69) is 11.9 Å². The van der Waals surface area contributed by atoms with Gasteiger partial charge in [0.25, 0.3) is 0 Å². The number of hydrogen-bond donors (Lipinski definition) is 2. The molecule has 0 saturated carbocycles. The highest BCUT2D eigenvalue weighted by Crippen LogP contribution is 2.28. The summed E-state index contributed by atoms with van der Waals surface area (Å²) in [4.78, 5) is 26.5. The van der Waals surface area contributed by atoms with Crippen molar-refractivity contribution >= 4 is 16.9 Å². The molecule has 0 fully saturated rings. The van der Waals surface area contributed by atoms with Crippen LogP contribution in [0.4, 0.5) is 0 Å². The van der Waals surface area contributed by atoms with Crippen molar-refractivity contribution in [2.75, 3.05) is 14.1 Å². The number of carboxylic acid groups (broad SMARTS) is 1. The lowest BCUT2D eigenvalue weighted by Crippen LogP contribution is -3.04. The van der Waals surface area contributed by atoms with E-state index in [0.29, 0.717) is 17.7 Å². The van der Waals surface area contributed by atoms with Gasteiger partial charge in [-0.05, 0) is 30.2 Å². The van der Waals surface area contributed by atoms with Crippen molar-refractivity contribution in [1.82, 2.24) is 4.98 Å². The highest BCUT2D eigenvalue weighted by Gasteiger charge is 2.15. The summed E-state index contributed by atoms with van der Waals surface area (Å²) in [5.74, 6) is -1.01. The Balaban J connectivity index is 0.000000261. The largest absolute Gasteiger partial charge is 0.545 e. The van der Waals surface area contributed by atoms with Crippen molar-refractivity contribution in [2.24, 2.45) is 0 Å². The third kappa shape index (κ3) is 5.40. The topological polar surface area (TPSA) is 108 Å². The molecule has 0 aliphatic carbocycles. The second kappa shape index (κ2) is 9.66. The molecule has 0 aliphatic rings. The fourth-order valence-corrected chi connectivity index (χ4v) is 2.82. The Kier molecular flexibility index (Phi) is 7.28. The smallest absolute Gasteiger partial charge is 0.336 e. The summed E-state index contributed by atoms with van der Waals surface area (Å²) in [5, 5.41) is 21.0. The summed E-state index contributed by atoms with van der Waals surface area (Å²) < 4.78 is 5.33. The van der Waals surface area contributed by atoms with Gasteiger partial charge in [-0.2, -0.15) is 0 Å². The number of phenolic OH excluding ortho intramolecular Hbond substituents is 1. The molecule has 7 heteroatoms. The SMILES string of the molecule is CCCc1cc(=O)oc2c(C[NH+](C)C)c(O)ccc12.O=C([O-])c1cccnc1. The first kappa shape index (κ1) is 21.1. The summed E-state index contributed by atoms with van der Waals surface area (Å²) in [6.45, 7) is 2.69. The summed E-state index contributed by atoms with van der Waals surface area (Å²) in [7, 11) is 3.98. The van der Waals surface area contributed by atoms with E-state index < -0.39 is 5.97 Å². The van der Waals surface area contributed by atoms with E-state index >= 15 is 0 Å². The van der Waals surface area contributed by atoms with Crippen LogP contribution in [0.1, 0.15) is 34.8 Å². The minimum Gasteiger partial charge on any atom is -0.545 e. The number of hydrogen-bond acceptors (Lipinski definition) is 6. The van der Waals surface area contributed by atoms with Gasteiger partial charge in [0.05, 0.1) is 25.6 Å². The zero-order chi connectivity index (χ0) is 20.7. The number of carbonyl (C=O) groups excluding carboxylic acids is 1. The first-order valence-corrected chi connectivity index (χ1v) is 9.01. The van der Waals surface area contributed by atoms with Crippen molar-refractivity contribution in [2.45, 2.75) is 26.3 Å².